The van der Waals surface area contributed by atoms with Gasteiger partial charge in [0.25, 0.3) is 5.91 Å². The lowest BCUT2D eigenvalue weighted by atomic mass is 9.65. The molecule has 2 aliphatic rings. The summed E-state index contributed by atoms with van der Waals surface area (Å²) in [4.78, 5) is 55.9. The Morgan fingerprint density at radius 1 is 1.02 bits per heavy atom. The van der Waals surface area contributed by atoms with E-state index in [0.717, 1.165) is 5.69 Å². The van der Waals surface area contributed by atoms with Crippen molar-refractivity contribution in [3.8, 4) is 0 Å². The van der Waals surface area contributed by atoms with Gasteiger partial charge in [-0.1, -0.05) is 55.2 Å². The largest absolute Gasteiger partial charge is 0.602 e. The van der Waals surface area contributed by atoms with E-state index in [2.05, 4.69) is 5.32 Å². The maximum absolute atomic E-state index is 13.3. The van der Waals surface area contributed by atoms with Crippen LogP contribution in [0, 0.1) is 5.92 Å². The normalized spacial score (nSPS) is 20.4. The summed E-state index contributed by atoms with van der Waals surface area (Å²) in [7, 11) is 0.496. The number of nitrogens with one attached hydrogen (secondary N) is 1. The number of carbonyl (C=O) groups is 4. The zero-order valence-corrected chi connectivity index (χ0v) is 24.2. The maximum Gasteiger partial charge on any atom is 0.602 e. The lowest BCUT2D eigenvalue weighted by molar-refractivity contribution is -0.155. The molecule has 0 radical (unpaired) electrons. The number of anilines is 1. The van der Waals surface area contributed by atoms with Crippen LogP contribution in [0.1, 0.15) is 37.0 Å². The molecule has 2 bridgehead atoms. The number of hydrogen-bond acceptors (Lipinski definition) is 8. The van der Waals surface area contributed by atoms with Crippen LogP contribution in [0.3, 0.4) is 0 Å². The van der Waals surface area contributed by atoms with Crippen LogP contribution in [-0.2, 0) is 23.7 Å². The van der Waals surface area contributed by atoms with Crippen molar-refractivity contribution in [1.82, 2.24) is 10.2 Å². The van der Waals surface area contributed by atoms with Gasteiger partial charge in [-0.05, 0) is 49.7 Å². The third-order valence-electron chi connectivity index (χ3n) is 7.17. The summed E-state index contributed by atoms with van der Waals surface area (Å²) < 4.78 is 11.5. The summed E-state index contributed by atoms with van der Waals surface area (Å²) in [5, 5.41) is 3.12. The first kappa shape index (κ1) is 29.9. The van der Waals surface area contributed by atoms with Crippen LogP contribution in [-0.4, -0.2) is 74.4 Å². The Hall–Kier alpha value is -3.08. The number of benzene rings is 2. The number of rotatable bonds is 9. The highest BCUT2D eigenvalue weighted by atomic mass is 35.5. The van der Waals surface area contributed by atoms with Crippen molar-refractivity contribution in [3.63, 3.8) is 0 Å². The number of para-hydroxylation sites is 1. The minimum atomic E-state index is -1.22. The Balaban J connectivity index is 1.46. The Morgan fingerprint density at radius 2 is 1.65 bits per heavy atom. The summed E-state index contributed by atoms with van der Waals surface area (Å²) in [6.07, 6.45) is 0.403. The fraction of sp³-hybridized carbons (Fsp3) is 0.429. The lowest BCUT2D eigenvalue weighted by Gasteiger charge is -2.45. The molecule has 9 nitrogen and oxygen atoms in total. The summed E-state index contributed by atoms with van der Waals surface area (Å²) in [5.41, 5.74) is 1.05. The molecule has 2 aromatic rings. The Bertz CT molecular complexity index is 1240. The fourth-order valence-corrected chi connectivity index (χ4v) is 5.48. The topological polar surface area (TPSA) is 105 Å². The van der Waals surface area contributed by atoms with Crippen LogP contribution in [0.15, 0.2) is 48.5 Å². The Kier molecular flexibility index (Phi) is 9.76. The first-order valence-corrected chi connectivity index (χ1v) is 14.0. The predicted molar refractivity (Wildman–Crippen MR) is 154 cm³/mol. The molecule has 212 valence electrons. The van der Waals surface area contributed by atoms with Gasteiger partial charge in [-0.15, -0.1) is 0 Å². The number of halogens is 2. The van der Waals surface area contributed by atoms with Crippen LogP contribution in [0.5, 0.6) is 0 Å². The molecule has 3 atom stereocenters. The van der Waals surface area contributed by atoms with Crippen LogP contribution in [0.4, 0.5) is 5.69 Å². The third kappa shape index (κ3) is 7.16. The van der Waals surface area contributed by atoms with Crippen molar-refractivity contribution in [2.75, 3.05) is 31.6 Å². The number of carbonyl (C=O) groups excluding carboxylic acids is 4. The predicted octanol–water partition coefficient (Wildman–Crippen LogP) is 3.88. The van der Waals surface area contributed by atoms with Gasteiger partial charge in [-0.2, -0.15) is 0 Å². The molecule has 2 heterocycles. The third-order valence-corrected chi connectivity index (χ3v) is 7.73. The maximum atomic E-state index is 13.3. The molecule has 0 aliphatic carbocycles. The number of nitrogens with zero attached hydrogens (tertiary/aromatic N) is 2. The van der Waals surface area contributed by atoms with Crippen LogP contribution >= 0.6 is 23.2 Å². The molecule has 12 heteroatoms. The van der Waals surface area contributed by atoms with Crippen molar-refractivity contribution in [2.24, 2.45) is 5.92 Å². The van der Waals surface area contributed by atoms with Gasteiger partial charge in [-0.3, -0.25) is 24.1 Å². The summed E-state index contributed by atoms with van der Waals surface area (Å²) >= 11 is 12.1. The second kappa shape index (κ2) is 13.1. The lowest BCUT2D eigenvalue weighted by Crippen LogP contribution is -2.65. The summed E-state index contributed by atoms with van der Waals surface area (Å²) in [5.74, 6) is -2.34. The van der Waals surface area contributed by atoms with Gasteiger partial charge in [0.05, 0.1) is 17.1 Å². The quantitative estimate of drug-likeness (QED) is 0.441. The fourth-order valence-electron chi connectivity index (χ4n) is 5.11. The molecule has 0 aromatic heterocycles. The highest BCUT2D eigenvalue weighted by Gasteiger charge is 2.49. The zero-order valence-electron chi connectivity index (χ0n) is 22.6. The molecule has 0 unspecified atom stereocenters. The highest BCUT2D eigenvalue weighted by Crippen LogP contribution is 2.31. The first-order valence-electron chi connectivity index (χ1n) is 13.2. The van der Waals surface area contributed by atoms with E-state index in [9.17, 15) is 19.2 Å². The van der Waals surface area contributed by atoms with Gasteiger partial charge in [-0.25, -0.2) is 0 Å². The molecule has 1 N–H and O–H groups in total. The van der Waals surface area contributed by atoms with Crippen LogP contribution < -0.4 is 10.2 Å². The van der Waals surface area contributed by atoms with Gasteiger partial charge in [0.1, 0.15) is 12.1 Å². The van der Waals surface area contributed by atoms with Crippen LogP contribution in [0.25, 0.3) is 0 Å². The summed E-state index contributed by atoms with van der Waals surface area (Å²) in [6.45, 7) is 4.36. The van der Waals surface area contributed by atoms with E-state index in [1.165, 1.54) is 12.1 Å². The SMILES string of the molecule is CC(C)C[C@H](CC(=O)CNC(=O)c1cc(Cl)ccc1Cl)B1OC(=O)[C@H]2CN(c3ccccc3)C[C@H](C(=O)O1)N2C. The van der Waals surface area contributed by atoms with Gasteiger partial charge < -0.3 is 19.5 Å². The molecular formula is C28H32BCl2N3O6. The highest BCUT2D eigenvalue weighted by molar-refractivity contribution is 6.51. The number of fused-ring (bicyclic) bond motifs is 2. The Labute approximate surface area is 244 Å². The minimum absolute atomic E-state index is 0.0612. The van der Waals surface area contributed by atoms with Crippen molar-refractivity contribution in [1.29, 1.82) is 0 Å². The second-order valence-electron chi connectivity index (χ2n) is 10.6. The second-order valence-corrected chi connectivity index (χ2v) is 11.5. The number of ketones is 1. The van der Waals surface area contributed by atoms with Crippen molar-refractivity contribution >= 4 is 59.6 Å². The molecule has 40 heavy (non-hydrogen) atoms. The number of hydrogen-bond donors (Lipinski definition) is 1. The van der Waals surface area contributed by atoms with Gasteiger partial charge in [0.15, 0.2) is 5.78 Å². The number of piperazine rings is 1. The first-order chi connectivity index (χ1) is 19.0. The van der Waals surface area contributed by atoms with E-state index >= 15 is 0 Å². The van der Waals surface area contributed by atoms with E-state index in [0.29, 0.717) is 24.5 Å². The number of Topliss-reactive ketones (excluding diaryl/α,β-unsaturated/α-hetero) is 1. The molecule has 1 amide bonds. The average molecular weight is 588 g/mol. The molecule has 2 fully saturated rings. The number of likely N-dealkylation sites (N-methyl/N-ethyl adjacent to an activating group) is 1. The molecule has 2 aromatic carbocycles. The van der Waals surface area contributed by atoms with Crippen LogP contribution in [0.2, 0.25) is 15.9 Å². The standard InChI is InChI=1S/C28H32BCl2N3O6/c1-17(2)11-18(12-21(35)14-32-26(36)22-13-19(30)9-10-23(22)31)29-39-27(37)24-15-34(20-7-5-4-6-8-20)16-25(33(24)3)28(38)40-29/h4-10,13,17-18,24-25H,11-12,14-16H2,1-3H3,(H,32,36)/t18-,24-,25-/m1/s1. The average Bonchev–Trinajstić information content (AvgIpc) is 2.92. The van der Waals surface area contributed by atoms with Gasteiger partial charge >= 0.3 is 19.1 Å². The van der Waals surface area contributed by atoms with Crippen molar-refractivity contribution in [3.05, 3.63) is 64.1 Å². The zero-order chi connectivity index (χ0) is 29.0. The van der Waals surface area contributed by atoms with E-state index in [-0.39, 0.29) is 35.3 Å². The smallest absolute Gasteiger partial charge is 0.498 e. The number of amides is 1. The van der Waals surface area contributed by atoms with E-state index in [4.69, 9.17) is 32.5 Å². The molecular weight excluding hydrogens is 556 g/mol. The molecule has 2 saturated heterocycles. The van der Waals surface area contributed by atoms with Gasteiger partial charge in [0, 0.05) is 36.0 Å². The molecule has 0 spiro atoms. The molecule has 4 rings (SSSR count). The summed E-state index contributed by atoms with van der Waals surface area (Å²) in [6, 6.07) is 12.7. The Morgan fingerprint density at radius 3 is 2.25 bits per heavy atom. The van der Waals surface area contributed by atoms with E-state index in [1.54, 1.807) is 18.0 Å². The molecule has 0 saturated carbocycles. The molecule has 2 aliphatic heterocycles. The van der Waals surface area contributed by atoms with E-state index in [1.807, 2.05) is 49.1 Å². The van der Waals surface area contributed by atoms with Crippen molar-refractivity contribution in [2.45, 2.75) is 44.6 Å². The van der Waals surface area contributed by atoms with Gasteiger partial charge in [0.2, 0.25) is 0 Å². The monoisotopic (exact) mass is 587 g/mol. The van der Waals surface area contributed by atoms with E-state index < -0.39 is 42.9 Å². The minimum Gasteiger partial charge on any atom is -0.498 e. The van der Waals surface area contributed by atoms with Crippen molar-refractivity contribution < 1.29 is 28.5 Å².